The van der Waals surface area contributed by atoms with Crippen LogP contribution in [0.4, 0.5) is 4.39 Å². The lowest BCUT2D eigenvalue weighted by molar-refractivity contribution is 0.415. The van der Waals surface area contributed by atoms with Gasteiger partial charge in [-0.25, -0.2) is 17.8 Å². The highest BCUT2D eigenvalue weighted by molar-refractivity contribution is 7.88. The van der Waals surface area contributed by atoms with Gasteiger partial charge < -0.3 is 9.72 Å². The van der Waals surface area contributed by atoms with Gasteiger partial charge in [0.15, 0.2) is 0 Å². The van der Waals surface area contributed by atoms with Crippen molar-refractivity contribution >= 4 is 38.2 Å². The number of pyridine rings is 1. The van der Waals surface area contributed by atoms with E-state index in [4.69, 9.17) is 16.3 Å². The van der Waals surface area contributed by atoms with Crippen LogP contribution in [0.15, 0.2) is 36.5 Å². The van der Waals surface area contributed by atoms with Crippen molar-refractivity contribution < 1.29 is 17.5 Å². The first-order chi connectivity index (χ1) is 13.8. The third-order valence-electron chi connectivity index (χ3n) is 5.05. The van der Waals surface area contributed by atoms with Gasteiger partial charge in [-0.2, -0.15) is 4.31 Å². The summed E-state index contributed by atoms with van der Waals surface area (Å²) in [5.74, 6) is 0.145. The van der Waals surface area contributed by atoms with Gasteiger partial charge in [0.1, 0.15) is 17.2 Å². The summed E-state index contributed by atoms with van der Waals surface area (Å²) in [4.78, 5) is 7.60. The molecule has 0 fully saturated rings. The maximum Gasteiger partial charge on any atom is 0.211 e. The molecule has 0 amide bonds. The number of hydrogen-bond acceptors (Lipinski definition) is 4. The van der Waals surface area contributed by atoms with Crippen molar-refractivity contribution in [1.29, 1.82) is 0 Å². The lowest BCUT2D eigenvalue weighted by Crippen LogP contribution is -2.33. The third kappa shape index (κ3) is 3.63. The second-order valence-electron chi connectivity index (χ2n) is 6.84. The summed E-state index contributed by atoms with van der Waals surface area (Å²) in [5.41, 5.74) is 3.47. The van der Waals surface area contributed by atoms with Crippen LogP contribution in [0.25, 0.3) is 27.7 Å². The van der Waals surface area contributed by atoms with E-state index in [1.165, 1.54) is 29.8 Å². The second-order valence-corrected chi connectivity index (χ2v) is 9.20. The van der Waals surface area contributed by atoms with Crippen LogP contribution in [0.1, 0.15) is 12.1 Å². The Balaban J connectivity index is 1.84. The monoisotopic (exact) mass is 435 g/mol. The molecular weight excluding hydrogens is 417 g/mol. The van der Waals surface area contributed by atoms with Crippen LogP contribution < -0.4 is 4.74 Å². The van der Waals surface area contributed by atoms with E-state index < -0.39 is 10.0 Å². The van der Waals surface area contributed by atoms with E-state index in [0.717, 1.165) is 5.57 Å². The Morgan fingerprint density at radius 1 is 1.28 bits per heavy atom. The Morgan fingerprint density at radius 3 is 2.72 bits per heavy atom. The number of aromatic nitrogens is 2. The first-order valence-corrected chi connectivity index (χ1v) is 11.2. The number of nitrogens with one attached hydrogen (secondary N) is 1. The molecule has 0 saturated carbocycles. The minimum Gasteiger partial charge on any atom is -0.496 e. The van der Waals surface area contributed by atoms with Gasteiger partial charge >= 0.3 is 0 Å². The van der Waals surface area contributed by atoms with Crippen molar-refractivity contribution in [2.45, 2.75) is 6.42 Å². The number of fused-ring (bicyclic) bond motifs is 1. The SMILES string of the molecule is COc1ccc(F)cc1-c1ccnc2[nH]c(C3=CCN(S(C)(=O)=O)CC3)c(Cl)c12. The summed E-state index contributed by atoms with van der Waals surface area (Å²) in [5, 5.41) is 1.13. The molecule has 0 radical (unpaired) electrons. The van der Waals surface area contributed by atoms with Crippen molar-refractivity contribution in [3.05, 3.63) is 53.1 Å². The fraction of sp³-hybridized carbons (Fsp3) is 0.250. The number of halogens is 2. The Kier molecular flexibility index (Phi) is 5.10. The zero-order valence-electron chi connectivity index (χ0n) is 15.9. The number of sulfonamides is 1. The Bertz CT molecular complexity index is 1240. The number of methoxy groups -OCH3 is 1. The third-order valence-corrected chi connectivity index (χ3v) is 6.69. The molecule has 6 nitrogen and oxygen atoms in total. The largest absolute Gasteiger partial charge is 0.496 e. The molecule has 3 aromatic rings. The molecule has 3 heterocycles. The van der Waals surface area contributed by atoms with Crippen molar-refractivity contribution in [1.82, 2.24) is 14.3 Å². The molecule has 9 heteroatoms. The van der Waals surface area contributed by atoms with E-state index in [2.05, 4.69) is 9.97 Å². The Labute approximate surface area is 173 Å². The Morgan fingerprint density at radius 2 is 2.07 bits per heavy atom. The molecule has 2 aromatic heterocycles. The predicted octanol–water partition coefficient (Wildman–Crippen LogP) is 4.08. The van der Waals surface area contributed by atoms with Crippen LogP contribution in [0.2, 0.25) is 5.02 Å². The summed E-state index contributed by atoms with van der Waals surface area (Å²) in [6.45, 7) is 0.673. The molecule has 1 aromatic carbocycles. The quantitative estimate of drug-likeness (QED) is 0.670. The molecule has 0 aliphatic carbocycles. The zero-order chi connectivity index (χ0) is 20.8. The van der Waals surface area contributed by atoms with E-state index in [0.29, 0.717) is 51.6 Å². The van der Waals surface area contributed by atoms with Gasteiger partial charge in [0, 0.05) is 30.2 Å². The maximum absolute atomic E-state index is 13.9. The standard InChI is InChI=1S/C20H19ClFN3O3S/c1-28-16-4-3-13(22)11-15(16)14-5-8-23-20-17(14)18(21)19(24-20)12-6-9-25(10-7-12)29(2,26)27/h3-6,8,11H,7,9-10H2,1-2H3,(H,23,24). The molecule has 0 atom stereocenters. The highest BCUT2D eigenvalue weighted by Crippen LogP contribution is 2.41. The van der Waals surface area contributed by atoms with Crippen molar-refractivity contribution in [3.63, 3.8) is 0 Å². The normalized spacial score (nSPS) is 15.5. The van der Waals surface area contributed by atoms with Crippen LogP contribution >= 0.6 is 11.6 Å². The van der Waals surface area contributed by atoms with E-state index in [1.807, 2.05) is 6.08 Å². The average Bonchev–Trinajstić information content (AvgIpc) is 3.04. The van der Waals surface area contributed by atoms with Gasteiger partial charge in [-0.15, -0.1) is 0 Å². The zero-order valence-corrected chi connectivity index (χ0v) is 17.4. The number of rotatable bonds is 4. The van der Waals surface area contributed by atoms with Gasteiger partial charge in [-0.3, -0.25) is 0 Å². The summed E-state index contributed by atoms with van der Waals surface area (Å²) < 4.78 is 44.2. The van der Waals surface area contributed by atoms with Crippen LogP contribution in [0, 0.1) is 5.82 Å². The summed E-state index contributed by atoms with van der Waals surface area (Å²) in [6, 6.07) is 6.08. The van der Waals surface area contributed by atoms with Gasteiger partial charge in [0.2, 0.25) is 10.0 Å². The number of aromatic amines is 1. The lowest BCUT2D eigenvalue weighted by Gasteiger charge is -2.23. The molecule has 152 valence electrons. The summed E-state index contributed by atoms with van der Waals surface area (Å²) >= 11 is 6.73. The van der Waals surface area contributed by atoms with Crippen LogP contribution in [0.3, 0.4) is 0 Å². The summed E-state index contributed by atoms with van der Waals surface area (Å²) in [6.07, 6.45) is 5.20. The lowest BCUT2D eigenvalue weighted by atomic mass is 10.0. The summed E-state index contributed by atoms with van der Waals surface area (Å²) in [7, 11) is -1.71. The van der Waals surface area contributed by atoms with Crippen molar-refractivity contribution in [2.24, 2.45) is 0 Å². The van der Waals surface area contributed by atoms with E-state index in [9.17, 15) is 12.8 Å². The highest BCUT2D eigenvalue weighted by atomic mass is 35.5. The van der Waals surface area contributed by atoms with Crippen molar-refractivity contribution in [3.8, 4) is 16.9 Å². The number of ether oxygens (including phenoxy) is 1. The molecular formula is C20H19ClFN3O3S. The fourth-order valence-electron chi connectivity index (χ4n) is 3.59. The predicted molar refractivity (Wildman–Crippen MR) is 112 cm³/mol. The maximum atomic E-state index is 13.9. The molecule has 4 rings (SSSR count). The minimum absolute atomic E-state index is 0.290. The number of benzene rings is 1. The molecule has 1 aliphatic rings. The van der Waals surface area contributed by atoms with Gasteiger partial charge in [0.25, 0.3) is 0 Å². The van der Waals surface area contributed by atoms with E-state index in [1.54, 1.807) is 18.3 Å². The fourth-order valence-corrected chi connectivity index (χ4v) is 4.72. The van der Waals surface area contributed by atoms with Crippen LogP contribution in [-0.2, 0) is 10.0 Å². The molecule has 0 unspecified atom stereocenters. The molecule has 0 bridgehead atoms. The molecule has 1 N–H and O–H groups in total. The second kappa shape index (κ2) is 7.44. The van der Waals surface area contributed by atoms with E-state index in [-0.39, 0.29) is 12.4 Å². The molecule has 0 spiro atoms. The molecule has 0 saturated heterocycles. The number of nitrogens with zero attached hydrogens (tertiary/aromatic N) is 2. The van der Waals surface area contributed by atoms with Gasteiger partial charge in [-0.05, 0) is 41.8 Å². The number of H-pyrrole nitrogens is 1. The minimum atomic E-state index is -3.24. The highest BCUT2D eigenvalue weighted by Gasteiger charge is 2.24. The van der Waals surface area contributed by atoms with Crippen LogP contribution in [-0.4, -0.2) is 49.1 Å². The average molecular weight is 436 g/mol. The van der Waals surface area contributed by atoms with Crippen LogP contribution in [0.5, 0.6) is 5.75 Å². The Hall–Kier alpha value is -2.42. The first-order valence-electron chi connectivity index (χ1n) is 8.94. The first kappa shape index (κ1) is 19.9. The smallest absolute Gasteiger partial charge is 0.211 e. The van der Waals surface area contributed by atoms with E-state index >= 15 is 0 Å². The van der Waals surface area contributed by atoms with Gasteiger partial charge in [-0.1, -0.05) is 17.7 Å². The van der Waals surface area contributed by atoms with Crippen molar-refractivity contribution in [2.75, 3.05) is 26.5 Å². The molecule has 1 aliphatic heterocycles. The molecule has 29 heavy (non-hydrogen) atoms. The topological polar surface area (TPSA) is 75.3 Å². The number of hydrogen-bond donors (Lipinski definition) is 1. The van der Waals surface area contributed by atoms with Gasteiger partial charge in [0.05, 0.1) is 24.1 Å².